The van der Waals surface area contributed by atoms with Crippen LogP contribution < -0.4 is 5.32 Å². The first-order valence-corrected chi connectivity index (χ1v) is 8.46. The number of fused-ring (bicyclic) bond motifs is 1. The van der Waals surface area contributed by atoms with Gasteiger partial charge in [-0.05, 0) is 51.9 Å². The molecule has 0 bridgehead atoms. The number of benzene rings is 1. The van der Waals surface area contributed by atoms with E-state index in [0.717, 1.165) is 6.54 Å². The van der Waals surface area contributed by atoms with E-state index >= 15 is 0 Å². The summed E-state index contributed by atoms with van der Waals surface area (Å²) >= 11 is 5.33. The van der Waals surface area contributed by atoms with Crippen LogP contribution in [0.5, 0.6) is 0 Å². The maximum Gasteiger partial charge on any atom is 0.0326 e. The molecule has 2 atom stereocenters. The standard InChI is InChI=1S/C16H18BrNS/c1-11-6-7-16(15-5-3-2-4-14(11)15)18-9-13-8-12(17)10-19-13/h2-5,8,10-11,16,18H,6-7,9H2,1H3. The molecule has 1 aliphatic carbocycles. The Hall–Kier alpha value is -0.640. The Morgan fingerprint density at radius 3 is 2.79 bits per heavy atom. The van der Waals surface area contributed by atoms with Gasteiger partial charge in [-0.1, -0.05) is 31.2 Å². The average Bonchev–Trinajstić information content (AvgIpc) is 2.84. The molecule has 0 radical (unpaired) electrons. The molecule has 19 heavy (non-hydrogen) atoms. The number of halogens is 1. The minimum atomic E-state index is 0.508. The fourth-order valence-corrected chi connectivity index (χ4v) is 4.29. The van der Waals surface area contributed by atoms with E-state index in [2.05, 4.69) is 63.9 Å². The summed E-state index contributed by atoms with van der Waals surface area (Å²) < 4.78 is 1.19. The third kappa shape index (κ3) is 2.93. The highest BCUT2D eigenvalue weighted by Gasteiger charge is 2.23. The summed E-state index contributed by atoms with van der Waals surface area (Å²) in [6.45, 7) is 3.30. The normalized spacial score (nSPS) is 22.2. The minimum absolute atomic E-state index is 0.508. The average molecular weight is 336 g/mol. The first-order valence-electron chi connectivity index (χ1n) is 6.79. The van der Waals surface area contributed by atoms with Gasteiger partial charge in [0.1, 0.15) is 0 Å². The third-order valence-corrected chi connectivity index (χ3v) is 5.63. The first kappa shape index (κ1) is 13.3. The molecule has 1 nitrogen and oxygen atoms in total. The van der Waals surface area contributed by atoms with Crippen molar-refractivity contribution in [1.82, 2.24) is 5.32 Å². The third-order valence-electron chi connectivity index (χ3n) is 3.94. The summed E-state index contributed by atoms with van der Waals surface area (Å²) in [6, 6.07) is 11.6. The molecule has 0 saturated carbocycles. The van der Waals surface area contributed by atoms with Gasteiger partial charge in [-0.2, -0.15) is 0 Å². The second-order valence-electron chi connectivity index (χ2n) is 5.27. The molecule has 0 spiro atoms. The van der Waals surface area contributed by atoms with Crippen LogP contribution in [-0.4, -0.2) is 0 Å². The van der Waals surface area contributed by atoms with Crippen LogP contribution in [0.25, 0.3) is 0 Å². The molecule has 0 saturated heterocycles. The Balaban J connectivity index is 1.74. The fourth-order valence-electron chi connectivity index (χ4n) is 2.89. The largest absolute Gasteiger partial charge is 0.305 e. The lowest BCUT2D eigenvalue weighted by Gasteiger charge is -2.30. The lowest BCUT2D eigenvalue weighted by atomic mass is 9.81. The van der Waals surface area contributed by atoms with Crippen LogP contribution in [0.3, 0.4) is 0 Å². The van der Waals surface area contributed by atoms with Crippen LogP contribution in [0.1, 0.15) is 47.7 Å². The van der Waals surface area contributed by atoms with E-state index in [1.54, 1.807) is 0 Å². The van der Waals surface area contributed by atoms with E-state index in [9.17, 15) is 0 Å². The molecule has 1 aromatic heterocycles. The van der Waals surface area contributed by atoms with E-state index < -0.39 is 0 Å². The quantitative estimate of drug-likeness (QED) is 0.808. The van der Waals surface area contributed by atoms with Crippen molar-refractivity contribution in [1.29, 1.82) is 0 Å². The highest BCUT2D eigenvalue weighted by atomic mass is 79.9. The van der Waals surface area contributed by atoms with Gasteiger partial charge in [0.2, 0.25) is 0 Å². The van der Waals surface area contributed by atoms with Crippen molar-refractivity contribution in [3.8, 4) is 0 Å². The number of rotatable bonds is 3. The summed E-state index contributed by atoms with van der Waals surface area (Å²) in [4.78, 5) is 1.39. The predicted molar refractivity (Wildman–Crippen MR) is 85.7 cm³/mol. The summed E-state index contributed by atoms with van der Waals surface area (Å²) in [5.41, 5.74) is 3.02. The van der Waals surface area contributed by atoms with Crippen LogP contribution in [0.4, 0.5) is 0 Å². The van der Waals surface area contributed by atoms with Crippen LogP contribution in [-0.2, 0) is 6.54 Å². The molecule has 1 N–H and O–H groups in total. The van der Waals surface area contributed by atoms with Crippen molar-refractivity contribution in [3.63, 3.8) is 0 Å². The smallest absolute Gasteiger partial charge is 0.0326 e. The second-order valence-corrected chi connectivity index (χ2v) is 7.18. The van der Waals surface area contributed by atoms with E-state index in [1.807, 2.05) is 11.3 Å². The number of hydrogen-bond acceptors (Lipinski definition) is 2. The monoisotopic (exact) mass is 335 g/mol. The summed E-state index contributed by atoms with van der Waals surface area (Å²) in [5.74, 6) is 0.699. The molecule has 3 heteroatoms. The lowest BCUT2D eigenvalue weighted by molar-refractivity contribution is 0.432. The minimum Gasteiger partial charge on any atom is -0.305 e. The Morgan fingerprint density at radius 1 is 1.26 bits per heavy atom. The Kier molecular flexibility index (Phi) is 4.06. The molecule has 1 aromatic carbocycles. The topological polar surface area (TPSA) is 12.0 Å². The van der Waals surface area contributed by atoms with Crippen LogP contribution in [0.2, 0.25) is 0 Å². The molecule has 2 aromatic rings. The molecule has 1 heterocycles. The lowest BCUT2D eigenvalue weighted by Crippen LogP contribution is -2.25. The van der Waals surface area contributed by atoms with Gasteiger partial charge < -0.3 is 5.32 Å². The highest BCUT2D eigenvalue weighted by molar-refractivity contribution is 9.10. The van der Waals surface area contributed by atoms with Crippen molar-refractivity contribution < 1.29 is 0 Å². The highest BCUT2D eigenvalue weighted by Crippen LogP contribution is 2.37. The van der Waals surface area contributed by atoms with E-state index in [0.29, 0.717) is 12.0 Å². The molecule has 0 fully saturated rings. The van der Waals surface area contributed by atoms with Gasteiger partial charge in [0.15, 0.2) is 0 Å². The van der Waals surface area contributed by atoms with E-state index in [-0.39, 0.29) is 0 Å². The summed E-state index contributed by atoms with van der Waals surface area (Å²) in [5, 5.41) is 5.86. The van der Waals surface area contributed by atoms with Gasteiger partial charge in [-0.25, -0.2) is 0 Å². The summed E-state index contributed by atoms with van der Waals surface area (Å²) in [6.07, 6.45) is 2.52. The Bertz CT molecular complexity index is 563. The maximum absolute atomic E-state index is 3.72. The summed E-state index contributed by atoms with van der Waals surface area (Å²) in [7, 11) is 0. The van der Waals surface area contributed by atoms with Crippen molar-refractivity contribution in [2.45, 2.75) is 38.3 Å². The zero-order chi connectivity index (χ0) is 13.2. The van der Waals surface area contributed by atoms with Gasteiger partial charge in [0.05, 0.1) is 0 Å². The van der Waals surface area contributed by atoms with Crippen molar-refractivity contribution in [3.05, 3.63) is 56.2 Å². The van der Waals surface area contributed by atoms with Crippen molar-refractivity contribution in [2.75, 3.05) is 0 Å². The zero-order valence-corrected chi connectivity index (χ0v) is 13.4. The van der Waals surface area contributed by atoms with E-state index in [4.69, 9.17) is 0 Å². The second kappa shape index (κ2) is 5.78. The van der Waals surface area contributed by atoms with Gasteiger partial charge in [-0.3, -0.25) is 0 Å². The predicted octanol–water partition coefficient (Wildman–Crippen LogP) is 5.24. The SMILES string of the molecule is CC1CCC(NCc2cc(Br)cs2)c2ccccc21. The van der Waals surface area contributed by atoms with Crippen LogP contribution >= 0.6 is 27.3 Å². The van der Waals surface area contributed by atoms with Crippen LogP contribution in [0.15, 0.2) is 40.2 Å². The van der Waals surface area contributed by atoms with Crippen molar-refractivity contribution >= 4 is 27.3 Å². The van der Waals surface area contributed by atoms with Crippen molar-refractivity contribution in [2.24, 2.45) is 0 Å². The zero-order valence-electron chi connectivity index (χ0n) is 11.0. The molecule has 100 valence electrons. The molecule has 0 aliphatic heterocycles. The van der Waals surface area contributed by atoms with Gasteiger partial charge in [0.25, 0.3) is 0 Å². The number of hydrogen-bond donors (Lipinski definition) is 1. The fraction of sp³-hybridized carbons (Fsp3) is 0.375. The first-order chi connectivity index (χ1) is 9.24. The maximum atomic E-state index is 3.72. The Morgan fingerprint density at radius 2 is 2.05 bits per heavy atom. The van der Waals surface area contributed by atoms with Gasteiger partial charge in [-0.15, -0.1) is 11.3 Å². The molecule has 0 amide bonds. The van der Waals surface area contributed by atoms with Crippen LogP contribution in [0, 0.1) is 0 Å². The van der Waals surface area contributed by atoms with Gasteiger partial charge in [0, 0.05) is 27.3 Å². The number of thiophene rings is 1. The molecule has 1 aliphatic rings. The van der Waals surface area contributed by atoms with Gasteiger partial charge >= 0.3 is 0 Å². The molecular formula is C16H18BrNS. The van der Waals surface area contributed by atoms with E-state index in [1.165, 1.54) is 33.3 Å². The number of nitrogens with one attached hydrogen (secondary N) is 1. The Labute approximate surface area is 127 Å². The molecule has 3 rings (SSSR count). The molecular weight excluding hydrogens is 318 g/mol. The molecule has 2 unspecified atom stereocenters.